The highest BCUT2D eigenvalue weighted by Gasteiger charge is 2.10. The Balaban J connectivity index is 1.87. The van der Waals surface area contributed by atoms with Crippen molar-refractivity contribution in [3.05, 3.63) is 83.9 Å². The predicted octanol–water partition coefficient (Wildman–Crippen LogP) is 5.66. The van der Waals surface area contributed by atoms with E-state index < -0.39 is 0 Å². The molecule has 3 aromatic carbocycles. The van der Waals surface area contributed by atoms with E-state index in [1.54, 1.807) is 0 Å². The van der Waals surface area contributed by atoms with Gasteiger partial charge in [-0.1, -0.05) is 59.7 Å². The van der Waals surface area contributed by atoms with Gasteiger partial charge in [0, 0.05) is 16.6 Å². The second kappa shape index (κ2) is 6.36. The van der Waals surface area contributed by atoms with E-state index in [-0.39, 0.29) is 0 Å². The van der Waals surface area contributed by atoms with Gasteiger partial charge in [-0.2, -0.15) is 0 Å². The van der Waals surface area contributed by atoms with E-state index >= 15 is 0 Å². The Morgan fingerprint density at radius 2 is 1.44 bits per heavy atom. The Kier molecular flexibility index (Phi) is 3.90. The number of nitrogens with one attached hydrogen (secondary N) is 1. The Bertz CT molecular complexity index is 1020. The number of rotatable bonds is 3. The van der Waals surface area contributed by atoms with Crippen LogP contribution in [0.1, 0.15) is 11.1 Å². The molecule has 1 heterocycles. The lowest BCUT2D eigenvalue weighted by Crippen LogP contribution is -1.99. The van der Waals surface area contributed by atoms with Gasteiger partial charge in [-0.25, -0.2) is 9.97 Å². The fourth-order valence-electron chi connectivity index (χ4n) is 2.83. The van der Waals surface area contributed by atoms with E-state index in [0.717, 1.165) is 33.8 Å². The molecule has 1 aromatic heterocycles. The van der Waals surface area contributed by atoms with E-state index in [9.17, 15) is 0 Å². The van der Waals surface area contributed by atoms with Crippen LogP contribution in [0, 0.1) is 13.8 Å². The van der Waals surface area contributed by atoms with Gasteiger partial charge in [-0.3, -0.25) is 0 Å². The summed E-state index contributed by atoms with van der Waals surface area (Å²) >= 11 is 0. The number of nitrogens with zero attached hydrogens (tertiary/aromatic N) is 2. The van der Waals surface area contributed by atoms with Gasteiger partial charge in [0.1, 0.15) is 5.82 Å². The lowest BCUT2D eigenvalue weighted by Gasteiger charge is -2.12. The maximum absolute atomic E-state index is 4.81. The zero-order valence-electron chi connectivity index (χ0n) is 14.3. The molecule has 4 rings (SSSR count). The van der Waals surface area contributed by atoms with Crippen LogP contribution in [0.15, 0.2) is 72.8 Å². The van der Waals surface area contributed by atoms with E-state index in [0.29, 0.717) is 0 Å². The lowest BCUT2D eigenvalue weighted by atomic mass is 10.1. The Morgan fingerprint density at radius 3 is 2.20 bits per heavy atom. The molecular weight excluding hydrogens is 306 g/mol. The maximum Gasteiger partial charge on any atom is 0.162 e. The van der Waals surface area contributed by atoms with Crippen molar-refractivity contribution >= 4 is 22.4 Å². The van der Waals surface area contributed by atoms with Gasteiger partial charge < -0.3 is 5.32 Å². The summed E-state index contributed by atoms with van der Waals surface area (Å²) in [6.07, 6.45) is 0. The summed E-state index contributed by atoms with van der Waals surface area (Å²) in [5.41, 5.74) is 5.39. The molecule has 4 aromatic rings. The lowest BCUT2D eigenvalue weighted by molar-refractivity contribution is 1.22. The highest BCUT2D eigenvalue weighted by Crippen LogP contribution is 2.28. The number of aromatic nitrogens is 2. The topological polar surface area (TPSA) is 37.8 Å². The minimum Gasteiger partial charge on any atom is -0.340 e. The van der Waals surface area contributed by atoms with Crippen molar-refractivity contribution in [3.8, 4) is 11.4 Å². The summed E-state index contributed by atoms with van der Waals surface area (Å²) in [7, 11) is 0. The average Bonchev–Trinajstić information content (AvgIpc) is 2.64. The van der Waals surface area contributed by atoms with Crippen LogP contribution in [0.25, 0.3) is 22.3 Å². The molecule has 0 aliphatic rings. The van der Waals surface area contributed by atoms with Gasteiger partial charge in [-0.05, 0) is 38.1 Å². The maximum atomic E-state index is 4.81. The number of benzene rings is 3. The quantitative estimate of drug-likeness (QED) is 0.528. The molecular formula is C22H19N3. The molecule has 0 radical (unpaired) electrons. The third kappa shape index (κ3) is 3.22. The van der Waals surface area contributed by atoms with E-state index in [1.165, 1.54) is 11.1 Å². The van der Waals surface area contributed by atoms with Crippen LogP contribution in [-0.4, -0.2) is 9.97 Å². The molecule has 0 aliphatic carbocycles. The molecule has 0 unspecified atom stereocenters. The summed E-state index contributed by atoms with van der Waals surface area (Å²) in [6.45, 7) is 4.17. The summed E-state index contributed by atoms with van der Waals surface area (Å²) in [4.78, 5) is 9.56. The monoisotopic (exact) mass is 325 g/mol. The predicted molar refractivity (Wildman–Crippen MR) is 104 cm³/mol. The van der Waals surface area contributed by atoms with Crippen LogP contribution in [0.3, 0.4) is 0 Å². The van der Waals surface area contributed by atoms with Crippen molar-refractivity contribution in [1.82, 2.24) is 9.97 Å². The second-order valence-electron chi connectivity index (χ2n) is 6.27. The fourth-order valence-corrected chi connectivity index (χ4v) is 2.83. The molecule has 0 amide bonds. The normalized spacial score (nSPS) is 10.8. The molecule has 3 heteroatoms. The molecule has 0 aliphatic heterocycles. The molecule has 0 spiro atoms. The van der Waals surface area contributed by atoms with Crippen LogP contribution >= 0.6 is 0 Å². The smallest absolute Gasteiger partial charge is 0.162 e. The number of aryl methyl sites for hydroxylation is 2. The van der Waals surface area contributed by atoms with Crippen molar-refractivity contribution in [3.63, 3.8) is 0 Å². The zero-order valence-corrected chi connectivity index (χ0v) is 14.3. The Labute approximate surface area is 147 Å². The number of hydrogen-bond donors (Lipinski definition) is 1. The molecule has 0 saturated carbocycles. The zero-order chi connectivity index (χ0) is 17.2. The minimum atomic E-state index is 0.728. The minimum absolute atomic E-state index is 0.728. The molecule has 0 fully saturated rings. The SMILES string of the molecule is Cc1ccc(Nc2nc(-c3ccccc3)nc3ccc(C)cc23)cc1. The first-order valence-electron chi connectivity index (χ1n) is 8.36. The number of hydrogen-bond acceptors (Lipinski definition) is 3. The second-order valence-corrected chi connectivity index (χ2v) is 6.27. The van der Waals surface area contributed by atoms with Crippen molar-refractivity contribution in [2.24, 2.45) is 0 Å². The van der Waals surface area contributed by atoms with Crippen molar-refractivity contribution < 1.29 is 0 Å². The third-order valence-corrected chi connectivity index (χ3v) is 4.20. The summed E-state index contributed by atoms with van der Waals surface area (Å²) < 4.78 is 0. The molecule has 0 atom stereocenters. The third-order valence-electron chi connectivity index (χ3n) is 4.20. The first-order valence-corrected chi connectivity index (χ1v) is 8.36. The summed E-state index contributed by atoms with van der Waals surface area (Å²) in [5.74, 6) is 1.56. The van der Waals surface area contributed by atoms with Crippen molar-refractivity contribution in [2.45, 2.75) is 13.8 Å². The molecule has 122 valence electrons. The molecule has 0 saturated heterocycles. The fraction of sp³-hybridized carbons (Fsp3) is 0.0909. The Hall–Kier alpha value is -3.20. The van der Waals surface area contributed by atoms with Gasteiger partial charge in [0.15, 0.2) is 5.82 Å². The van der Waals surface area contributed by atoms with Crippen LogP contribution < -0.4 is 5.32 Å². The molecule has 0 bridgehead atoms. The Morgan fingerprint density at radius 1 is 0.720 bits per heavy atom. The molecule has 25 heavy (non-hydrogen) atoms. The number of fused-ring (bicyclic) bond motifs is 1. The molecule has 3 nitrogen and oxygen atoms in total. The van der Waals surface area contributed by atoms with Crippen LogP contribution in [0.5, 0.6) is 0 Å². The number of anilines is 2. The average molecular weight is 325 g/mol. The largest absolute Gasteiger partial charge is 0.340 e. The van der Waals surface area contributed by atoms with Gasteiger partial charge in [0.05, 0.1) is 5.52 Å². The van der Waals surface area contributed by atoms with Gasteiger partial charge in [0.2, 0.25) is 0 Å². The first-order chi connectivity index (χ1) is 12.2. The van der Waals surface area contributed by atoms with Crippen LogP contribution in [0.2, 0.25) is 0 Å². The first kappa shape index (κ1) is 15.3. The van der Waals surface area contributed by atoms with Gasteiger partial charge in [-0.15, -0.1) is 0 Å². The van der Waals surface area contributed by atoms with Crippen molar-refractivity contribution in [2.75, 3.05) is 5.32 Å². The van der Waals surface area contributed by atoms with Crippen molar-refractivity contribution in [1.29, 1.82) is 0 Å². The summed E-state index contributed by atoms with van der Waals surface area (Å²) in [5, 5.41) is 4.49. The van der Waals surface area contributed by atoms with E-state index in [2.05, 4.69) is 61.6 Å². The molecule has 1 N–H and O–H groups in total. The highest BCUT2D eigenvalue weighted by atomic mass is 15.0. The van der Waals surface area contributed by atoms with E-state index in [1.807, 2.05) is 30.3 Å². The van der Waals surface area contributed by atoms with Crippen LogP contribution in [0.4, 0.5) is 11.5 Å². The van der Waals surface area contributed by atoms with Gasteiger partial charge in [0.25, 0.3) is 0 Å². The standard InChI is InChI=1S/C22H19N3/c1-15-8-11-18(12-9-15)23-22-19-14-16(2)10-13-20(19)24-21(25-22)17-6-4-3-5-7-17/h3-14H,1-2H3,(H,23,24,25). The van der Waals surface area contributed by atoms with Gasteiger partial charge >= 0.3 is 0 Å². The van der Waals surface area contributed by atoms with E-state index in [4.69, 9.17) is 9.97 Å². The highest BCUT2D eigenvalue weighted by molar-refractivity contribution is 5.92. The van der Waals surface area contributed by atoms with Crippen LogP contribution in [-0.2, 0) is 0 Å². The summed E-state index contributed by atoms with van der Waals surface area (Å²) in [6, 6.07) is 24.7.